The molecule has 1 amide bonds. The first-order valence-electron chi connectivity index (χ1n) is 11.0. The molecule has 2 aliphatic heterocycles. The van der Waals surface area contributed by atoms with E-state index in [0.717, 1.165) is 23.4 Å². The van der Waals surface area contributed by atoms with Crippen LogP contribution >= 0.6 is 7.82 Å². The Morgan fingerprint density at radius 1 is 1.08 bits per heavy atom. The number of aliphatic hydroxyl groups is 3. The SMILES string of the molecule is O=C1C=CN([C@@H]2O[C@H](COP(=O)(O)O)[C@H](O)C2O)C(O)N1Cc1nccc(-c2ccccc2)c1C(F)(F)F. The van der Waals surface area contributed by atoms with Crippen molar-refractivity contribution in [3.05, 3.63) is 66.1 Å². The molecule has 16 heteroatoms. The first-order valence-corrected chi connectivity index (χ1v) is 12.6. The van der Waals surface area contributed by atoms with Gasteiger partial charge in [0.05, 0.1) is 24.4 Å². The Kier molecular flexibility index (Phi) is 7.93. The van der Waals surface area contributed by atoms with Crippen LogP contribution in [0.1, 0.15) is 11.3 Å². The third-order valence-corrected chi connectivity index (χ3v) is 6.46. The standard InChI is InChI=1S/C22H23F3N3O9P/c23-22(24,25)17-13(12-4-2-1-3-5-12)6-8-26-14(17)10-28-16(29)7-9-27(21(28)32)20-19(31)18(30)15(37-20)11-36-38(33,34)35/h1-9,15,18-21,30-32H,10-11H2,(H2,33,34,35)/t15-,18+,19?,20-,21?/m1/s1. The second-order valence-corrected chi connectivity index (χ2v) is 9.69. The van der Waals surface area contributed by atoms with E-state index < -0.39 is 75.2 Å². The molecule has 2 unspecified atom stereocenters. The molecule has 12 nitrogen and oxygen atoms in total. The molecule has 3 heterocycles. The Bertz CT molecular complexity index is 1240. The Morgan fingerprint density at radius 3 is 2.39 bits per heavy atom. The zero-order chi connectivity index (χ0) is 27.8. The number of aliphatic hydroxyl groups excluding tert-OH is 3. The second-order valence-electron chi connectivity index (χ2n) is 8.45. The van der Waals surface area contributed by atoms with Gasteiger partial charge in [0, 0.05) is 18.5 Å². The minimum Gasteiger partial charge on any atom is -0.387 e. The maximum atomic E-state index is 14.2. The van der Waals surface area contributed by atoms with Crippen molar-refractivity contribution in [2.24, 2.45) is 0 Å². The highest BCUT2D eigenvalue weighted by Gasteiger charge is 2.49. The van der Waals surface area contributed by atoms with E-state index in [0.29, 0.717) is 4.90 Å². The summed E-state index contributed by atoms with van der Waals surface area (Å²) in [5, 5.41) is 31.5. The summed E-state index contributed by atoms with van der Waals surface area (Å²) in [4.78, 5) is 35.6. The molecule has 38 heavy (non-hydrogen) atoms. The molecule has 1 aromatic carbocycles. The lowest BCUT2D eigenvalue weighted by Gasteiger charge is -2.41. The molecule has 0 radical (unpaired) electrons. The van der Waals surface area contributed by atoms with Gasteiger partial charge in [-0.3, -0.25) is 19.2 Å². The topological polar surface area (TPSA) is 173 Å². The second kappa shape index (κ2) is 10.7. The minimum absolute atomic E-state index is 0.181. The molecule has 0 bridgehead atoms. The van der Waals surface area contributed by atoms with E-state index in [1.165, 1.54) is 18.2 Å². The number of benzene rings is 1. The van der Waals surface area contributed by atoms with E-state index in [9.17, 15) is 37.9 Å². The summed E-state index contributed by atoms with van der Waals surface area (Å²) in [5.41, 5.74) is -1.58. The van der Waals surface area contributed by atoms with Crippen molar-refractivity contribution < 1.29 is 56.9 Å². The molecule has 1 aromatic heterocycles. The van der Waals surface area contributed by atoms with Crippen LogP contribution in [-0.2, 0) is 31.3 Å². The number of phosphoric acid groups is 1. The number of phosphoric ester groups is 1. The summed E-state index contributed by atoms with van der Waals surface area (Å²) < 4.78 is 63.2. The third kappa shape index (κ3) is 5.90. The number of aromatic nitrogens is 1. The third-order valence-electron chi connectivity index (χ3n) is 5.97. The van der Waals surface area contributed by atoms with Crippen LogP contribution in [0.3, 0.4) is 0 Å². The Balaban J connectivity index is 1.61. The highest BCUT2D eigenvalue weighted by Crippen LogP contribution is 2.40. The van der Waals surface area contributed by atoms with Crippen LogP contribution in [0.5, 0.6) is 0 Å². The molecular formula is C22H23F3N3O9P. The van der Waals surface area contributed by atoms with Gasteiger partial charge in [0.25, 0.3) is 5.91 Å². The molecule has 0 aliphatic carbocycles. The highest BCUT2D eigenvalue weighted by molar-refractivity contribution is 7.46. The average molecular weight is 561 g/mol. The maximum absolute atomic E-state index is 14.2. The van der Waals surface area contributed by atoms with E-state index in [2.05, 4.69) is 9.51 Å². The number of hydrogen-bond donors (Lipinski definition) is 5. The van der Waals surface area contributed by atoms with Gasteiger partial charge in [-0.25, -0.2) is 4.57 Å². The number of ether oxygens (including phenoxy) is 1. The van der Waals surface area contributed by atoms with E-state index in [-0.39, 0.29) is 11.1 Å². The number of rotatable bonds is 7. The zero-order valence-corrected chi connectivity index (χ0v) is 20.2. The molecular weight excluding hydrogens is 538 g/mol. The molecule has 5 N–H and O–H groups in total. The Morgan fingerprint density at radius 2 is 1.76 bits per heavy atom. The first kappa shape index (κ1) is 28.1. The normalized spacial score (nSPS) is 26.3. The van der Waals surface area contributed by atoms with Gasteiger partial charge >= 0.3 is 14.0 Å². The summed E-state index contributed by atoms with van der Waals surface area (Å²) in [7, 11) is -4.93. The molecule has 2 aliphatic rings. The summed E-state index contributed by atoms with van der Waals surface area (Å²) >= 11 is 0. The average Bonchev–Trinajstić information content (AvgIpc) is 3.13. The van der Waals surface area contributed by atoms with Crippen LogP contribution < -0.4 is 0 Å². The minimum atomic E-state index is -4.93. The number of amides is 1. The van der Waals surface area contributed by atoms with Gasteiger partial charge in [-0.1, -0.05) is 30.3 Å². The molecule has 0 spiro atoms. The molecule has 2 aromatic rings. The number of halogens is 3. The summed E-state index contributed by atoms with van der Waals surface area (Å²) in [6, 6.07) is 8.92. The van der Waals surface area contributed by atoms with Crippen LogP contribution in [0.15, 0.2) is 54.9 Å². The fourth-order valence-electron chi connectivity index (χ4n) is 4.22. The van der Waals surface area contributed by atoms with Crippen LogP contribution in [0.4, 0.5) is 13.2 Å². The van der Waals surface area contributed by atoms with Gasteiger partial charge in [0.1, 0.15) is 18.3 Å². The molecule has 206 valence electrons. The first-order chi connectivity index (χ1) is 17.8. The largest absolute Gasteiger partial charge is 0.469 e. The molecule has 1 fully saturated rings. The van der Waals surface area contributed by atoms with Gasteiger partial charge in [0.2, 0.25) is 6.35 Å². The number of carbonyl (C=O) groups excluding carboxylic acids is 1. The van der Waals surface area contributed by atoms with Gasteiger partial charge < -0.3 is 34.7 Å². The summed E-state index contributed by atoms with van der Waals surface area (Å²) in [5.74, 6) is -0.872. The lowest BCUT2D eigenvalue weighted by Crippen LogP contribution is -2.57. The quantitative estimate of drug-likeness (QED) is 0.302. The molecule has 4 rings (SSSR count). The molecule has 1 saturated heterocycles. The Labute approximate surface area is 213 Å². The van der Waals surface area contributed by atoms with Gasteiger partial charge in [0.15, 0.2) is 6.23 Å². The van der Waals surface area contributed by atoms with Crippen molar-refractivity contribution in [1.29, 1.82) is 0 Å². The number of hydrogen-bond acceptors (Lipinski definition) is 9. The van der Waals surface area contributed by atoms with Crippen molar-refractivity contribution in [3.8, 4) is 11.1 Å². The molecule has 0 saturated carbocycles. The molecule has 5 atom stereocenters. The van der Waals surface area contributed by atoms with E-state index in [1.54, 1.807) is 18.2 Å². The summed E-state index contributed by atoms with van der Waals surface area (Å²) in [6.07, 6.45) is -10.2. The van der Waals surface area contributed by atoms with Crippen molar-refractivity contribution in [1.82, 2.24) is 14.8 Å². The Hall–Kier alpha value is -2.88. The van der Waals surface area contributed by atoms with Crippen molar-refractivity contribution in [2.75, 3.05) is 6.61 Å². The predicted molar refractivity (Wildman–Crippen MR) is 121 cm³/mol. The fraction of sp³-hybridized carbons (Fsp3) is 0.364. The van der Waals surface area contributed by atoms with Crippen LogP contribution in [0, 0.1) is 0 Å². The van der Waals surface area contributed by atoms with Crippen LogP contribution in [0.2, 0.25) is 0 Å². The lowest BCUT2D eigenvalue weighted by molar-refractivity contribution is -0.192. The smallest absolute Gasteiger partial charge is 0.387 e. The van der Waals surface area contributed by atoms with Crippen LogP contribution in [0.25, 0.3) is 11.1 Å². The number of carbonyl (C=O) groups is 1. The van der Waals surface area contributed by atoms with Crippen molar-refractivity contribution in [3.63, 3.8) is 0 Å². The van der Waals surface area contributed by atoms with Crippen molar-refractivity contribution >= 4 is 13.7 Å². The lowest BCUT2D eigenvalue weighted by atomic mass is 9.98. The predicted octanol–water partition coefficient (Wildman–Crippen LogP) is 0.757. The maximum Gasteiger partial charge on any atom is 0.469 e. The fourth-order valence-corrected chi connectivity index (χ4v) is 4.56. The van der Waals surface area contributed by atoms with Crippen molar-refractivity contribution in [2.45, 2.75) is 43.6 Å². The highest BCUT2D eigenvalue weighted by atomic mass is 31.2. The zero-order valence-electron chi connectivity index (χ0n) is 19.3. The van der Waals surface area contributed by atoms with Gasteiger partial charge in [-0.05, 0) is 17.2 Å². The number of pyridine rings is 1. The van der Waals surface area contributed by atoms with Gasteiger partial charge in [-0.15, -0.1) is 0 Å². The summed E-state index contributed by atoms with van der Waals surface area (Å²) in [6.45, 7) is -1.60. The van der Waals surface area contributed by atoms with Crippen LogP contribution in [-0.4, -0.2) is 83.3 Å². The number of alkyl halides is 3. The van der Waals surface area contributed by atoms with E-state index in [1.807, 2.05) is 0 Å². The monoisotopic (exact) mass is 561 g/mol. The van der Waals surface area contributed by atoms with E-state index in [4.69, 9.17) is 14.5 Å². The number of nitrogens with zero attached hydrogens (tertiary/aromatic N) is 3. The van der Waals surface area contributed by atoms with E-state index >= 15 is 0 Å². The van der Waals surface area contributed by atoms with Gasteiger partial charge in [-0.2, -0.15) is 13.2 Å².